The van der Waals surface area contributed by atoms with Crippen molar-refractivity contribution in [2.24, 2.45) is 5.92 Å². The second-order valence-electron chi connectivity index (χ2n) is 5.33. The molecule has 0 saturated carbocycles. The smallest absolute Gasteiger partial charge is 0.419 e. The number of urea groups is 1. The van der Waals surface area contributed by atoms with Crippen LogP contribution in [0.15, 0.2) is 0 Å². The van der Waals surface area contributed by atoms with E-state index in [1.807, 2.05) is 0 Å². The minimum atomic E-state index is -0.794. The molecule has 6 nitrogen and oxygen atoms in total. The summed E-state index contributed by atoms with van der Waals surface area (Å²) >= 11 is 0. The summed E-state index contributed by atoms with van der Waals surface area (Å²) in [5.41, 5.74) is -0.704. The van der Waals surface area contributed by atoms with E-state index >= 15 is 0 Å². The molecular weight excluding hydrogens is 224 g/mol. The standard InChI is InChI=1S/C11H18N2O4/c1-6(2)7-8(14)12-9(15)13(7)10(16)17-11(3,4)5/h6-7H,1-5H3,(H,12,14,15). The van der Waals surface area contributed by atoms with Gasteiger partial charge in [0.25, 0.3) is 5.91 Å². The first-order chi connectivity index (χ1) is 7.63. The molecule has 0 aromatic rings. The summed E-state index contributed by atoms with van der Waals surface area (Å²) in [6, 6.07) is -1.51. The Morgan fingerprint density at radius 2 is 1.88 bits per heavy atom. The number of carbonyl (C=O) groups excluding carboxylic acids is 3. The van der Waals surface area contributed by atoms with Crippen LogP contribution in [0.2, 0.25) is 0 Å². The maximum atomic E-state index is 11.8. The van der Waals surface area contributed by atoms with Crippen LogP contribution in [0.25, 0.3) is 0 Å². The van der Waals surface area contributed by atoms with Gasteiger partial charge in [-0.1, -0.05) is 13.8 Å². The van der Waals surface area contributed by atoms with Crippen molar-refractivity contribution in [1.82, 2.24) is 10.2 Å². The molecule has 0 aliphatic carbocycles. The number of carbonyl (C=O) groups is 3. The highest BCUT2D eigenvalue weighted by Crippen LogP contribution is 2.20. The molecule has 1 aliphatic rings. The molecule has 1 unspecified atom stereocenters. The third-order valence-electron chi connectivity index (χ3n) is 2.22. The first kappa shape index (κ1) is 13.5. The van der Waals surface area contributed by atoms with E-state index in [4.69, 9.17) is 4.74 Å². The molecule has 0 bridgehead atoms. The van der Waals surface area contributed by atoms with E-state index in [-0.39, 0.29) is 5.92 Å². The lowest BCUT2D eigenvalue weighted by molar-refractivity contribution is -0.122. The minimum Gasteiger partial charge on any atom is -0.443 e. The van der Waals surface area contributed by atoms with Gasteiger partial charge in [-0.2, -0.15) is 0 Å². The van der Waals surface area contributed by atoms with Crippen LogP contribution in [0.4, 0.5) is 9.59 Å². The third kappa shape index (κ3) is 2.95. The van der Waals surface area contributed by atoms with Gasteiger partial charge >= 0.3 is 12.1 Å². The SMILES string of the molecule is CC(C)C1C(=O)NC(=O)N1C(=O)OC(C)(C)C. The van der Waals surface area contributed by atoms with Crippen molar-refractivity contribution in [2.75, 3.05) is 0 Å². The van der Waals surface area contributed by atoms with Crippen molar-refractivity contribution in [3.05, 3.63) is 0 Å². The first-order valence-electron chi connectivity index (χ1n) is 5.50. The van der Waals surface area contributed by atoms with Gasteiger partial charge in [-0.25, -0.2) is 14.5 Å². The number of hydrogen-bond donors (Lipinski definition) is 1. The zero-order chi connectivity index (χ0) is 13.4. The van der Waals surface area contributed by atoms with Crippen LogP contribution in [-0.2, 0) is 9.53 Å². The van der Waals surface area contributed by atoms with E-state index in [1.54, 1.807) is 34.6 Å². The number of imide groups is 2. The van der Waals surface area contributed by atoms with Crippen LogP contribution >= 0.6 is 0 Å². The summed E-state index contributed by atoms with van der Waals surface area (Å²) in [7, 11) is 0. The maximum absolute atomic E-state index is 11.8. The van der Waals surface area contributed by atoms with E-state index in [0.717, 1.165) is 4.90 Å². The molecular formula is C11H18N2O4. The molecule has 6 heteroatoms. The first-order valence-corrected chi connectivity index (χ1v) is 5.50. The van der Waals surface area contributed by atoms with Crippen molar-refractivity contribution < 1.29 is 19.1 Å². The molecule has 0 aromatic carbocycles. The largest absolute Gasteiger partial charge is 0.443 e. The summed E-state index contributed by atoms with van der Waals surface area (Å²) < 4.78 is 5.09. The van der Waals surface area contributed by atoms with Gasteiger partial charge in [-0.05, 0) is 26.7 Å². The summed E-state index contributed by atoms with van der Waals surface area (Å²) in [5.74, 6) is -0.621. The predicted molar refractivity (Wildman–Crippen MR) is 60.2 cm³/mol. The summed E-state index contributed by atoms with van der Waals surface area (Å²) in [4.78, 5) is 35.7. The zero-order valence-electron chi connectivity index (χ0n) is 10.7. The van der Waals surface area contributed by atoms with Crippen LogP contribution in [-0.4, -0.2) is 34.6 Å². The highest BCUT2D eigenvalue weighted by Gasteiger charge is 2.45. The summed E-state index contributed by atoms with van der Waals surface area (Å²) in [5, 5.41) is 2.11. The van der Waals surface area contributed by atoms with Gasteiger partial charge in [-0.15, -0.1) is 0 Å². The molecule has 1 saturated heterocycles. The lowest BCUT2D eigenvalue weighted by atomic mass is 10.0. The maximum Gasteiger partial charge on any atom is 0.419 e. The fourth-order valence-electron chi connectivity index (χ4n) is 1.59. The quantitative estimate of drug-likeness (QED) is 0.707. The molecule has 0 radical (unpaired) electrons. The van der Waals surface area contributed by atoms with Crippen LogP contribution in [0.3, 0.4) is 0 Å². The molecule has 0 aromatic heterocycles. The molecule has 4 amide bonds. The molecule has 1 fully saturated rings. The Kier molecular flexibility index (Phi) is 3.45. The Morgan fingerprint density at radius 3 is 2.29 bits per heavy atom. The fourth-order valence-corrected chi connectivity index (χ4v) is 1.59. The second kappa shape index (κ2) is 4.35. The van der Waals surface area contributed by atoms with Crippen molar-refractivity contribution in [1.29, 1.82) is 0 Å². The molecule has 17 heavy (non-hydrogen) atoms. The molecule has 1 rings (SSSR count). The number of rotatable bonds is 1. The molecule has 1 N–H and O–H groups in total. The number of ether oxygens (including phenoxy) is 1. The van der Waals surface area contributed by atoms with Crippen LogP contribution in [0, 0.1) is 5.92 Å². The Morgan fingerprint density at radius 1 is 1.35 bits per heavy atom. The van der Waals surface area contributed by atoms with Gasteiger partial charge < -0.3 is 4.74 Å². The molecule has 1 atom stereocenters. The van der Waals surface area contributed by atoms with Gasteiger partial charge in [0.2, 0.25) is 0 Å². The Hall–Kier alpha value is -1.59. The average molecular weight is 242 g/mol. The number of hydrogen-bond acceptors (Lipinski definition) is 4. The van der Waals surface area contributed by atoms with E-state index < -0.39 is 29.7 Å². The highest BCUT2D eigenvalue weighted by atomic mass is 16.6. The van der Waals surface area contributed by atoms with Crippen molar-refractivity contribution in [3.63, 3.8) is 0 Å². The van der Waals surface area contributed by atoms with Gasteiger partial charge in [0, 0.05) is 0 Å². The van der Waals surface area contributed by atoms with E-state index in [1.165, 1.54) is 0 Å². The molecule has 1 aliphatic heterocycles. The Bertz CT molecular complexity index is 357. The number of nitrogens with one attached hydrogen (secondary N) is 1. The normalized spacial score (nSPS) is 20.8. The monoisotopic (exact) mass is 242 g/mol. The molecule has 0 spiro atoms. The summed E-state index contributed by atoms with van der Waals surface area (Å²) in [6.07, 6.45) is -0.792. The summed E-state index contributed by atoms with van der Waals surface area (Å²) in [6.45, 7) is 8.63. The van der Waals surface area contributed by atoms with Crippen LogP contribution in [0.1, 0.15) is 34.6 Å². The zero-order valence-corrected chi connectivity index (χ0v) is 10.7. The topological polar surface area (TPSA) is 75.7 Å². The van der Waals surface area contributed by atoms with Gasteiger partial charge in [-0.3, -0.25) is 10.1 Å². The average Bonchev–Trinajstić information content (AvgIpc) is 2.37. The van der Waals surface area contributed by atoms with E-state index in [0.29, 0.717) is 0 Å². The predicted octanol–water partition coefficient (Wildman–Crippen LogP) is 1.50. The number of amides is 4. The Labute approximate surface area is 100 Å². The third-order valence-corrected chi connectivity index (χ3v) is 2.22. The van der Waals surface area contributed by atoms with Crippen molar-refractivity contribution in [2.45, 2.75) is 46.3 Å². The van der Waals surface area contributed by atoms with Gasteiger partial charge in [0.15, 0.2) is 0 Å². The fraction of sp³-hybridized carbons (Fsp3) is 0.727. The minimum absolute atomic E-state index is 0.158. The lowest BCUT2D eigenvalue weighted by Gasteiger charge is -2.26. The molecule has 96 valence electrons. The van der Waals surface area contributed by atoms with Crippen molar-refractivity contribution in [3.8, 4) is 0 Å². The lowest BCUT2D eigenvalue weighted by Crippen LogP contribution is -2.45. The molecule has 1 heterocycles. The van der Waals surface area contributed by atoms with Crippen LogP contribution < -0.4 is 5.32 Å². The van der Waals surface area contributed by atoms with E-state index in [9.17, 15) is 14.4 Å². The van der Waals surface area contributed by atoms with Crippen LogP contribution in [0.5, 0.6) is 0 Å². The second-order valence-corrected chi connectivity index (χ2v) is 5.33. The van der Waals surface area contributed by atoms with Gasteiger partial charge in [0.1, 0.15) is 11.6 Å². The van der Waals surface area contributed by atoms with Crippen molar-refractivity contribution >= 4 is 18.0 Å². The highest BCUT2D eigenvalue weighted by molar-refractivity contribution is 6.10. The Balaban J connectivity index is 2.90. The van der Waals surface area contributed by atoms with E-state index in [2.05, 4.69) is 5.32 Å². The van der Waals surface area contributed by atoms with Gasteiger partial charge in [0.05, 0.1) is 0 Å². The number of nitrogens with zero attached hydrogens (tertiary/aromatic N) is 1.